The molecule has 2 fully saturated rings. The molecule has 2 heterocycles. The van der Waals surface area contributed by atoms with Gasteiger partial charge in [-0.3, -0.25) is 4.90 Å². The molecule has 6 heteroatoms. The van der Waals surface area contributed by atoms with Crippen LogP contribution in [0.4, 0.5) is 4.79 Å². The number of aliphatic hydroxyl groups is 1. The average molecular weight is 375 g/mol. The zero-order valence-corrected chi connectivity index (χ0v) is 16.6. The van der Waals surface area contributed by atoms with Crippen molar-refractivity contribution in [2.45, 2.75) is 26.3 Å². The van der Waals surface area contributed by atoms with Crippen LogP contribution in [0.25, 0.3) is 0 Å². The second-order valence-electron chi connectivity index (χ2n) is 7.91. The fourth-order valence-electron chi connectivity index (χ4n) is 4.14. The molecule has 1 atom stereocenters. The van der Waals surface area contributed by atoms with E-state index in [4.69, 9.17) is 5.11 Å². The predicted molar refractivity (Wildman–Crippen MR) is 108 cm³/mol. The lowest BCUT2D eigenvalue weighted by Gasteiger charge is -2.36. The zero-order valence-electron chi connectivity index (χ0n) is 16.6. The van der Waals surface area contributed by atoms with Crippen LogP contribution < -0.4 is 5.32 Å². The van der Waals surface area contributed by atoms with Crippen LogP contribution in [0.5, 0.6) is 0 Å². The van der Waals surface area contributed by atoms with Gasteiger partial charge in [0.2, 0.25) is 0 Å². The number of nitrogens with one attached hydrogen (secondary N) is 1. The van der Waals surface area contributed by atoms with Crippen molar-refractivity contribution in [3.05, 3.63) is 35.4 Å². The first-order valence-electron chi connectivity index (χ1n) is 10.3. The van der Waals surface area contributed by atoms with Crippen LogP contribution in [-0.4, -0.2) is 84.8 Å². The maximum absolute atomic E-state index is 12.5. The third-order valence-electron chi connectivity index (χ3n) is 5.88. The zero-order chi connectivity index (χ0) is 19.1. The Labute approximate surface area is 163 Å². The summed E-state index contributed by atoms with van der Waals surface area (Å²) in [6, 6.07) is 8.60. The topological polar surface area (TPSA) is 59.0 Å². The number of aliphatic hydroxyl groups excluding tert-OH is 1. The highest BCUT2D eigenvalue weighted by Crippen LogP contribution is 2.16. The van der Waals surface area contributed by atoms with Crippen LogP contribution >= 0.6 is 0 Å². The first-order chi connectivity index (χ1) is 13.2. The van der Waals surface area contributed by atoms with E-state index in [9.17, 15) is 4.79 Å². The summed E-state index contributed by atoms with van der Waals surface area (Å²) in [5.41, 5.74) is 2.71. The predicted octanol–water partition coefficient (Wildman–Crippen LogP) is 1.53. The summed E-state index contributed by atoms with van der Waals surface area (Å²) in [7, 11) is 0. The molecule has 150 valence electrons. The Kier molecular flexibility index (Phi) is 7.50. The van der Waals surface area contributed by atoms with Crippen molar-refractivity contribution in [2.75, 3.05) is 59.0 Å². The molecule has 6 nitrogen and oxygen atoms in total. The van der Waals surface area contributed by atoms with E-state index in [-0.39, 0.29) is 12.6 Å². The van der Waals surface area contributed by atoms with Crippen molar-refractivity contribution in [2.24, 2.45) is 5.92 Å². The molecule has 2 saturated heterocycles. The van der Waals surface area contributed by atoms with Crippen molar-refractivity contribution in [3.8, 4) is 0 Å². The molecule has 2 aliphatic heterocycles. The number of likely N-dealkylation sites (tertiary alicyclic amines) is 1. The van der Waals surface area contributed by atoms with Gasteiger partial charge >= 0.3 is 6.03 Å². The summed E-state index contributed by atoms with van der Waals surface area (Å²) in [6.45, 7) is 10.3. The van der Waals surface area contributed by atoms with Gasteiger partial charge in [0.25, 0.3) is 0 Å². The summed E-state index contributed by atoms with van der Waals surface area (Å²) in [5.74, 6) is 0.497. The number of piperidine rings is 1. The Balaban J connectivity index is 1.38. The number of benzene rings is 1. The number of aryl methyl sites for hydroxylation is 1. The maximum Gasteiger partial charge on any atom is 0.317 e. The molecule has 0 radical (unpaired) electrons. The molecule has 0 unspecified atom stereocenters. The van der Waals surface area contributed by atoms with E-state index in [1.807, 2.05) is 4.90 Å². The van der Waals surface area contributed by atoms with Crippen LogP contribution in [-0.2, 0) is 6.54 Å². The number of carbonyl (C=O) groups excluding carboxylic acids is 1. The van der Waals surface area contributed by atoms with Gasteiger partial charge in [-0.2, -0.15) is 0 Å². The fourth-order valence-corrected chi connectivity index (χ4v) is 4.14. The Morgan fingerprint density at radius 1 is 1.15 bits per heavy atom. The van der Waals surface area contributed by atoms with E-state index < -0.39 is 0 Å². The normalized spacial score (nSPS) is 22.0. The molecular weight excluding hydrogens is 340 g/mol. The fraction of sp³-hybridized carbons (Fsp3) is 0.667. The molecule has 0 aliphatic carbocycles. The lowest BCUT2D eigenvalue weighted by atomic mass is 9.98. The van der Waals surface area contributed by atoms with E-state index in [1.165, 1.54) is 11.1 Å². The highest BCUT2D eigenvalue weighted by Gasteiger charge is 2.24. The van der Waals surface area contributed by atoms with Gasteiger partial charge < -0.3 is 20.2 Å². The average Bonchev–Trinajstić information content (AvgIpc) is 2.69. The largest absolute Gasteiger partial charge is 0.395 e. The molecule has 0 saturated carbocycles. The monoisotopic (exact) mass is 374 g/mol. The number of amides is 2. The highest BCUT2D eigenvalue weighted by molar-refractivity contribution is 5.74. The van der Waals surface area contributed by atoms with Gasteiger partial charge in [0, 0.05) is 52.4 Å². The molecule has 0 aromatic heterocycles. The third kappa shape index (κ3) is 5.92. The molecule has 2 amide bonds. The van der Waals surface area contributed by atoms with Gasteiger partial charge in [0.1, 0.15) is 0 Å². The molecule has 2 aliphatic rings. The minimum Gasteiger partial charge on any atom is -0.395 e. The lowest BCUT2D eigenvalue weighted by Crippen LogP contribution is -2.52. The Hall–Kier alpha value is -1.63. The second-order valence-corrected chi connectivity index (χ2v) is 7.91. The van der Waals surface area contributed by atoms with Crippen molar-refractivity contribution in [3.63, 3.8) is 0 Å². The van der Waals surface area contributed by atoms with Crippen molar-refractivity contribution >= 4 is 6.03 Å². The molecule has 27 heavy (non-hydrogen) atoms. The van der Waals surface area contributed by atoms with Crippen molar-refractivity contribution in [1.29, 1.82) is 0 Å². The summed E-state index contributed by atoms with van der Waals surface area (Å²) < 4.78 is 0. The van der Waals surface area contributed by atoms with Gasteiger partial charge in [0.15, 0.2) is 0 Å². The molecular formula is C21H34N4O2. The van der Waals surface area contributed by atoms with Gasteiger partial charge in [-0.1, -0.05) is 24.3 Å². The van der Waals surface area contributed by atoms with Gasteiger partial charge in [-0.25, -0.2) is 4.79 Å². The second kappa shape index (κ2) is 10.1. The smallest absolute Gasteiger partial charge is 0.317 e. The minimum absolute atomic E-state index is 0.0739. The molecule has 1 aromatic carbocycles. The van der Waals surface area contributed by atoms with Crippen LogP contribution in [0, 0.1) is 12.8 Å². The van der Waals surface area contributed by atoms with Crippen LogP contribution in [0.3, 0.4) is 0 Å². The summed E-state index contributed by atoms with van der Waals surface area (Å²) in [5, 5.41) is 12.2. The summed E-state index contributed by atoms with van der Waals surface area (Å²) >= 11 is 0. The van der Waals surface area contributed by atoms with Crippen LogP contribution in [0.15, 0.2) is 24.3 Å². The van der Waals surface area contributed by atoms with E-state index >= 15 is 0 Å². The molecule has 2 N–H and O–H groups in total. The maximum atomic E-state index is 12.5. The Morgan fingerprint density at radius 3 is 2.67 bits per heavy atom. The number of carbonyl (C=O) groups is 1. The summed E-state index contributed by atoms with van der Waals surface area (Å²) in [4.78, 5) is 19.2. The SMILES string of the molecule is Cc1ccccc1CN1CCN(C(=O)NC[C@@H]2CCCN(CCO)C2)CC1. The van der Waals surface area contributed by atoms with Crippen molar-refractivity contribution < 1.29 is 9.90 Å². The lowest BCUT2D eigenvalue weighted by molar-refractivity contribution is 0.125. The van der Waals surface area contributed by atoms with Crippen molar-refractivity contribution in [1.82, 2.24) is 20.0 Å². The molecule has 1 aromatic rings. The Morgan fingerprint density at radius 2 is 1.93 bits per heavy atom. The van der Waals surface area contributed by atoms with Gasteiger partial charge in [-0.15, -0.1) is 0 Å². The number of piperazine rings is 1. The van der Waals surface area contributed by atoms with Gasteiger partial charge in [0.05, 0.1) is 6.61 Å². The quantitative estimate of drug-likeness (QED) is 0.793. The number of β-amino-alcohol motifs (C(OH)–C–C–N with tert-alkyl or cyclic N) is 1. The van der Waals surface area contributed by atoms with E-state index in [2.05, 4.69) is 46.3 Å². The first-order valence-corrected chi connectivity index (χ1v) is 10.3. The standard InChI is InChI=1S/C21H34N4O2/c1-18-5-2-3-7-20(18)17-24-9-11-25(12-10-24)21(27)22-15-19-6-4-8-23(16-19)13-14-26/h2-3,5,7,19,26H,4,6,8-17H2,1H3,(H,22,27)/t19-/m0/s1. The number of urea groups is 1. The molecule has 0 bridgehead atoms. The van der Waals surface area contributed by atoms with E-state index in [1.54, 1.807) is 0 Å². The third-order valence-corrected chi connectivity index (χ3v) is 5.88. The number of hydrogen-bond acceptors (Lipinski definition) is 4. The molecule has 0 spiro atoms. The summed E-state index contributed by atoms with van der Waals surface area (Å²) in [6.07, 6.45) is 2.31. The highest BCUT2D eigenvalue weighted by atomic mass is 16.3. The number of rotatable bonds is 6. The van der Waals surface area contributed by atoms with Crippen LogP contribution in [0.1, 0.15) is 24.0 Å². The van der Waals surface area contributed by atoms with E-state index in [0.717, 1.165) is 71.7 Å². The van der Waals surface area contributed by atoms with Crippen LogP contribution in [0.2, 0.25) is 0 Å². The van der Waals surface area contributed by atoms with E-state index in [0.29, 0.717) is 5.92 Å². The molecule has 3 rings (SSSR count). The minimum atomic E-state index is 0.0739. The first kappa shape index (κ1) is 20.1. The number of hydrogen-bond donors (Lipinski definition) is 2. The number of nitrogens with zero attached hydrogens (tertiary/aromatic N) is 3. The van der Waals surface area contributed by atoms with Gasteiger partial charge in [-0.05, 0) is 43.4 Å². The Bertz CT molecular complexity index is 600.